The highest BCUT2D eigenvalue weighted by Crippen LogP contribution is 2.20. The number of pyridine rings is 1. The zero-order valence-electron chi connectivity index (χ0n) is 13.1. The molecule has 0 radical (unpaired) electrons. The van der Waals surface area contributed by atoms with E-state index in [0.717, 1.165) is 17.2 Å². The van der Waals surface area contributed by atoms with Gasteiger partial charge in [-0.25, -0.2) is 4.98 Å². The maximum atomic E-state index is 11.9. The van der Waals surface area contributed by atoms with Crippen LogP contribution in [0.3, 0.4) is 0 Å². The van der Waals surface area contributed by atoms with E-state index in [0.29, 0.717) is 13.1 Å². The molecule has 6 heteroatoms. The van der Waals surface area contributed by atoms with Gasteiger partial charge in [0.1, 0.15) is 5.65 Å². The summed E-state index contributed by atoms with van der Waals surface area (Å²) in [6.45, 7) is 4.89. The first-order chi connectivity index (χ1) is 10.0. The molecule has 2 heterocycles. The molecule has 0 bridgehead atoms. The Morgan fingerprint density at radius 1 is 1.43 bits per heavy atom. The number of amides is 1. The van der Waals surface area contributed by atoms with Crippen LogP contribution in [0.1, 0.15) is 19.5 Å². The number of rotatable bonds is 6. The molecule has 1 amide bonds. The van der Waals surface area contributed by atoms with Crippen molar-refractivity contribution in [3.8, 4) is 0 Å². The Morgan fingerprint density at radius 3 is 2.86 bits per heavy atom. The average molecular weight is 289 g/mol. The summed E-state index contributed by atoms with van der Waals surface area (Å²) in [7, 11) is 3.79. The van der Waals surface area contributed by atoms with Crippen LogP contribution >= 0.6 is 0 Å². The number of hydrogen-bond acceptors (Lipinski definition) is 4. The van der Waals surface area contributed by atoms with E-state index < -0.39 is 0 Å². The summed E-state index contributed by atoms with van der Waals surface area (Å²) in [5.74, 6) is 0.828. The number of carbonyl (C=O) groups is 1. The molecule has 114 valence electrons. The molecule has 0 spiro atoms. The van der Waals surface area contributed by atoms with Gasteiger partial charge in [-0.05, 0) is 33.0 Å². The molecule has 2 aromatic heterocycles. The van der Waals surface area contributed by atoms with Gasteiger partial charge in [0, 0.05) is 25.8 Å². The molecule has 0 fully saturated rings. The molecule has 0 aliphatic rings. The second kappa shape index (κ2) is 6.58. The van der Waals surface area contributed by atoms with Crippen LogP contribution in [0.4, 0.5) is 5.82 Å². The van der Waals surface area contributed by atoms with E-state index in [4.69, 9.17) is 0 Å². The van der Waals surface area contributed by atoms with E-state index in [2.05, 4.69) is 15.6 Å². The quantitative estimate of drug-likeness (QED) is 0.833. The van der Waals surface area contributed by atoms with Gasteiger partial charge in [-0.3, -0.25) is 4.79 Å². The molecule has 2 N–H and O–H groups in total. The van der Waals surface area contributed by atoms with Gasteiger partial charge in [0.25, 0.3) is 0 Å². The zero-order valence-corrected chi connectivity index (χ0v) is 13.1. The fraction of sp³-hybridized carbons (Fsp3) is 0.467. The molecule has 0 unspecified atom stereocenters. The summed E-state index contributed by atoms with van der Waals surface area (Å²) in [4.78, 5) is 18.4. The number of likely N-dealkylation sites (N-methyl/N-ethyl adjacent to an activating group) is 1. The smallest absolute Gasteiger partial charge is 0.239 e. The molecule has 0 aromatic carbocycles. The van der Waals surface area contributed by atoms with Crippen molar-refractivity contribution in [3.63, 3.8) is 0 Å². The van der Waals surface area contributed by atoms with Crippen LogP contribution in [0.15, 0.2) is 24.4 Å². The van der Waals surface area contributed by atoms with Crippen LogP contribution in [0.5, 0.6) is 0 Å². The molecule has 0 aliphatic heterocycles. The number of fused-ring (bicyclic) bond motifs is 1. The summed E-state index contributed by atoms with van der Waals surface area (Å²) in [5.41, 5.74) is 1.93. The minimum Gasteiger partial charge on any atom is -0.352 e. The van der Waals surface area contributed by atoms with Gasteiger partial charge in [0.05, 0.1) is 12.2 Å². The van der Waals surface area contributed by atoms with Crippen molar-refractivity contribution in [2.45, 2.75) is 26.4 Å². The second-order valence-electron chi connectivity index (χ2n) is 5.42. The number of imidazole rings is 1. The van der Waals surface area contributed by atoms with Crippen molar-refractivity contribution in [1.82, 2.24) is 20.0 Å². The third kappa shape index (κ3) is 3.52. The lowest BCUT2D eigenvalue weighted by Crippen LogP contribution is -2.39. The first-order valence-electron chi connectivity index (χ1n) is 7.14. The van der Waals surface area contributed by atoms with Crippen LogP contribution < -0.4 is 15.5 Å². The van der Waals surface area contributed by atoms with Gasteiger partial charge in [0.15, 0.2) is 5.82 Å². The maximum absolute atomic E-state index is 11.9. The summed E-state index contributed by atoms with van der Waals surface area (Å²) in [6.07, 6.45) is 1.99. The lowest BCUT2D eigenvalue weighted by atomic mass is 10.3. The molecule has 21 heavy (non-hydrogen) atoms. The van der Waals surface area contributed by atoms with Gasteiger partial charge in [-0.15, -0.1) is 0 Å². The molecular formula is C15H23N5O. The SMILES string of the molecule is CNCc1c(N(C)CC(=O)NC(C)C)nc2ccccn12. The Kier molecular flexibility index (Phi) is 4.80. The van der Waals surface area contributed by atoms with Gasteiger partial charge < -0.3 is 19.9 Å². The third-order valence-corrected chi connectivity index (χ3v) is 3.14. The molecule has 2 aromatic rings. The Morgan fingerprint density at radius 2 is 2.19 bits per heavy atom. The van der Waals surface area contributed by atoms with E-state index in [1.54, 1.807) is 0 Å². The number of nitrogens with zero attached hydrogens (tertiary/aromatic N) is 3. The molecule has 0 saturated heterocycles. The van der Waals surface area contributed by atoms with E-state index in [9.17, 15) is 4.79 Å². The van der Waals surface area contributed by atoms with Crippen molar-refractivity contribution >= 4 is 17.4 Å². The number of carbonyl (C=O) groups excluding carboxylic acids is 1. The summed E-state index contributed by atoms with van der Waals surface area (Å²) >= 11 is 0. The lowest BCUT2D eigenvalue weighted by Gasteiger charge is -2.19. The van der Waals surface area contributed by atoms with Crippen LogP contribution in [0.2, 0.25) is 0 Å². The molecular weight excluding hydrogens is 266 g/mol. The molecule has 0 aliphatic carbocycles. The predicted octanol–water partition coefficient (Wildman–Crippen LogP) is 1.01. The minimum absolute atomic E-state index is 0.0000335. The highest BCUT2D eigenvalue weighted by Gasteiger charge is 2.17. The maximum Gasteiger partial charge on any atom is 0.239 e. The number of aromatic nitrogens is 2. The largest absolute Gasteiger partial charge is 0.352 e. The van der Waals surface area contributed by atoms with Crippen LogP contribution in [0, 0.1) is 0 Å². The van der Waals surface area contributed by atoms with Crippen molar-refractivity contribution < 1.29 is 4.79 Å². The Bertz CT molecular complexity index is 620. The summed E-state index contributed by atoms with van der Waals surface area (Å²) in [5, 5.41) is 6.05. The summed E-state index contributed by atoms with van der Waals surface area (Å²) < 4.78 is 2.04. The van der Waals surface area contributed by atoms with Crippen LogP contribution in [0.25, 0.3) is 5.65 Å². The Labute approximate surface area is 125 Å². The van der Waals surface area contributed by atoms with Gasteiger partial charge in [-0.1, -0.05) is 6.07 Å². The molecule has 6 nitrogen and oxygen atoms in total. The van der Waals surface area contributed by atoms with Gasteiger partial charge in [0.2, 0.25) is 5.91 Å². The lowest BCUT2D eigenvalue weighted by molar-refractivity contribution is -0.120. The predicted molar refractivity (Wildman–Crippen MR) is 84.5 cm³/mol. The van der Waals surface area contributed by atoms with Crippen molar-refractivity contribution in [2.24, 2.45) is 0 Å². The van der Waals surface area contributed by atoms with E-state index >= 15 is 0 Å². The standard InChI is InChI=1S/C15H23N5O/c1-11(2)17-14(21)10-19(4)15-12(9-16-3)20-8-6-5-7-13(20)18-15/h5-8,11,16H,9-10H2,1-4H3,(H,17,21). The zero-order chi connectivity index (χ0) is 15.4. The first-order valence-corrected chi connectivity index (χ1v) is 7.14. The van der Waals surface area contributed by atoms with Crippen molar-refractivity contribution in [1.29, 1.82) is 0 Å². The van der Waals surface area contributed by atoms with Crippen LogP contribution in [-0.4, -0.2) is 42.0 Å². The average Bonchev–Trinajstić information content (AvgIpc) is 2.77. The minimum atomic E-state index is -0.0000335. The number of hydrogen-bond donors (Lipinski definition) is 2. The highest BCUT2D eigenvalue weighted by molar-refractivity contribution is 5.81. The third-order valence-electron chi connectivity index (χ3n) is 3.14. The van der Waals surface area contributed by atoms with Crippen LogP contribution in [-0.2, 0) is 11.3 Å². The van der Waals surface area contributed by atoms with Crippen molar-refractivity contribution in [3.05, 3.63) is 30.1 Å². The van der Waals surface area contributed by atoms with E-state index in [1.807, 2.05) is 61.6 Å². The Balaban J connectivity index is 2.27. The number of nitrogens with one attached hydrogen (secondary N) is 2. The summed E-state index contributed by atoms with van der Waals surface area (Å²) in [6, 6.07) is 6.04. The fourth-order valence-corrected chi connectivity index (χ4v) is 2.33. The van der Waals surface area contributed by atoms with Crippen molar-refractivity contribution in [2.75, 3.05) is 25.5 Å². The normalized spacial score (nSPS) is 11.1. The number of anilines is 1. The molecule has 0 saturated carbocycles. The van der Waals surface area contributed by atoms with Gasteiger partial charge >= 0.3 is 0 Å². The molecule has 2 rings (SSSR count). The first kappa shape index (κ1) is 15.3. The molecule has 0 atom stereocenters. The van der Waals surface area contributed by atoms with E-state index in [-0.39, 0.29) is 11.9 Å². The second-order valence-corrected chi connectivity index (χ2v) is 5.42. The fourth-order valence-electron chi connectivity index (χ4n) is 2.33. The monoisotopic (exact) mass is 289 g/mol. The van der Waals surface area contributed by atoms with Gasteiger partial charge in [-0.2, -0.15) is 0 Å². The van der Waals surface area contributed by atoms with E-state index in [1.165, 1.54) is 0 Å². The topological polar surface area (TPSA) is 61.7 Å². The Hall–Kier alpha value is -2.08. The highest BCUT2D eigenvalue weighted by atomic mass is 16.2.